The van der Waals surface area contributed by atoms with Crippen LogP contribution in [0.5, 0.6) is 0 Å². The minimum absolute atomic E-state index is 0.0198. The van der Waals surface area contributed by atoms with Crippen LogP contribution < -0.4 is 0 Å². The molecular formula is C10H13F3N2O2. The molecule has 96 valence electrons. The van der Waals surface area contributed by atoms with Crippen LogP contribution in [0.3, 0.4) is 0 Å². The summed E-state index contributed by atoms with van der Waals surface area (Å²) in [6, 6.07) is -0.871. The summed E-state index contributed by atoms with van der Waals surface area (Å²) in [5.41, 5.74) is -0.998. The van der Waals surface area contributed by atoms with Crippen molar-refractivity contribution in [3.63, 3.8) is 0 Å². The van der Waals surface area contributed by atoms with Crippen molar-refractivity contribution in [3.8, 4) is 0 Å². The van der Waals surface area contributed by atoms with Crippen LogP contribution in [0.1, 0.15) is 31.1 Å². The quantitative estimate of drug-likeness (QED) is 0.773. The van der Waals surface area contributed by atoms with E-state index >= 15 is 0 Å². The van der Waals surface area contributed by atoms with Gasteiger partial charge < -0.3 is 4.74 Å². The van der Waals surface area contributed by atoms with Crippen molar-refractivity contribution in [2.45, 2.75) is 33.0 Å². The van der Waals surface area contributed by atoms with Crippen LogP contribution in [-0.2, 0) is 15.7 Å². The van der Waals surface area contributed by atoms with Crippen LogP contribution in [0, 0.1) is 6.92 Å². The van der Waals surface area contributed by atoms with Crippen molar-refractivity contribution in [1.82, 2.24) is 9.78 Å². The first kappa shape index (κ1) is 13.5. The lowest BCUT2D eigenvalue weighted by molar-refractivity contribution is -0.148. The summed E-state index contributed by atoms with van der Waals surface area (Å²) in [5.74, 6) is -0.608. The van der Waals surface area contributed by atoms with Crippen molar-refractivity contribution >= 4 is 5.97 Å². The average molecular weight is 250 g/mol. The van der Waals surface area contributed by atoms with Crippen LogP contribution in [0.25, 0.3) is 0 Å². The first-order chi connectivity index (χ1) is 7.77. The first-order valence-corrected chi connectivity index (χ1v) is 5.07. The van der Waals surface area contributed by atoms with Crippen molar-refractivity contribution in [1.29, 1.82) is 0 Å². The van der Waals surface area contributed by atoms with Crippen LogP contribution in [0.15, 0.2) is 6.20 Å². The molecule has 0 radical (unpaired) electrons. The molecule has 7 heteroatoms. The molecule has 0 aliphatic heterocycles. The summed E-state index contributed by atoms with van der Waals surface area (Å²) in [6.45, 7) is 4.53. The zero-order valence-corrected chi connectivity index (χ0v) is 9.71. The molecule has 1 aromatic heterocycles. The average Bonchev–Trinajstić information content (AvgIpc) is 2.59. The van der Waals surface area contributed by atoms with Gasteiger partial charge in [0, 0.05) is 6.20 Å². The van der Waals surface area contributed by atoms with Crippen molar-refractivity contribution in [3.05, 3.63) is 17.5 Å². The van der Waals surface area contributed by atoms with Gasteiger partial charge in [0.15, 0.2) is 5.69 Å². The summed E-state index contributed by atoms with van der Waals surface area (Å²) in [5, 5.41) is 3.38. The number of ether oxygens (including phenoxy) is 1. The van der Waals surface area contributed by atoms with E-state index in [1.165, 1.54) is 20.0 Å². The second-order valence-corrected chi connectivity index (χ2v) is 3.57. The fraction of sp³-hybridized carbons (Fsp3) is 0.600. The number of aryl methyl sites for hydroxylation is 1. The van der Waals surface area contributed by atoms with Gasteiger partial charge in [-0.15, -0.1) is 0 Å². The summed E-state index contributed by atoms with van der Waals surface area (Å²) in [7, 11) is 0. The summed E-state index contributed by atoms with van der Waals surface area (Å²) in [6.07, 6.45) is -3.33. The Bertz CT molecular complexity index is 412. The van der Waals surface area contributed by atoms with Crippen LogP contribution >= 0.6 is 0 Å². The molecule has 0 bridgehead atoms. The number of carbonyl (C=O) groups is 1. The number of aromatic nitrogens is 2. The van der Waals surface area contributed by atoms with Gasteiger partial charge >= 0.3 is 12.1 Å². The Balaban J connectivity index is 2.98. The second kappa shape index (κ2) is 4.77. The maximum Gasteiger partial charge on any atom is 0.435 e. The van der Waals surface area contributed by atoms with Crippen molar-refractivity contribution in [2.24, 2.45) is 0 Å². The monoisotopic (exact) mass is 250 g/mol. The van der Waals surface area contributed by atoms with Crippen LogP contribution in [0.2, 0.25) is 0 Å². The largest absolute Gasteiger partial charge is 0.464 e. The molecule has 0 spiro atoms. The van der Waals surface area contributed by atoms with Gasteiger partial charge in [-0.05, 0) is 26.3 Å². The minimum Gasteiger partial charge on any atom is -0.464 e. The number of carbonyl (C=O) groups excluding carboxylic acids is 1. The van der Waals surface area contributed by atoms with E-state index < -0.39 is 23.9 Å². The highest BCUT2D eigenvalue weighted by atomic mass is 19.4. The van der Waals surface area contributed by atoms with E-state index in [-0.39, 0.29) is 12.2 Å². The Kier molecular flexibility index (Phi) is 3.79. The van der Waals surface area contributed by atoms with Gasteiger partial charge in [-0.1, -0.05) is 0 Å². The first-order valence-electron chi connectivity index (χ1n) is 5.07. The van der Waals surface area contributed by atoms with E-state index in [2.05, 4.69) is 5.10 Å². The third-order valence-corrected chi connectivity index (χ3v) is 2.21. The molecule has 0 aliphatic rings. The number of hydrogen-bond acceptors (Lipinski definition) is 3. The molecule has 0 saturated carbocycles. The molecule has 0 unspecified atom stereocenters. The topological polar surface area (TPSA) is 44.1 Å². The van der Waals surface area contributed by atoms with E-state index in [1.54, 1.807) is 6.92 Å². The number of halogens is 3. The maximum atomic E-state index is 12.5. The Labute approximate surface area is 96.4 Å². The minimum atomic E-state index is -4.51. The molecule has 1 aromatic rings. The molecular weight excluding hydrogens is 237 g/mol. The Morgan fingerprint density at radius 3 is 2.59 bits per heavy atom. The fourth-order valence-electron chi connectivity index (χ4n) is 1.33. The molecule has 0 amide bonds. The Morgan fingerprint density at radius 1 is 1.59 bits per heavy atom. The highest BCUT2D eigenvalue weighted by Crippen LogP contribution is 2.30. The van der Waals surface area contributed by atoms with E-state index in [0.29, 0.717) is 0 Å². The SMILES string of the molecule is CCOC(=O)[C@H](C)n1cc(C)c(C(F)(F)F)n1. The van der Waals surface area contributed by atoms with E-state index in [0.717, 1.165) is 4.68 Å². The molecule has 0 aliphatic carbocycles. The predicted octanol–water partition coefficient (Wildman–Crippen LogP) is 2.33. The molecule has 4 nitrogen and oxygen atoms in total. The Morgan fingerprint density at radius 2 is 2.18 bits per heavy atom. The third-order valence-electron chi connectivity index (χ3n) is 2.21. The van der Waals surface area contributed by atoms with E-state index in [1.807, 2.05) is 0 Å². The second-order valence-electron chi connectivity index (χ2n) is 3.57. The van der Waals surface area contributed by atoms with Gasteiger partial charge in [-0.2, -0.15) is 18.3 Å². The van der Waals surface area contributed by atoms with Crippen LogP contribution in [-0.4, -0.2) is 22.4 Å². The number of rotatable bonds is 3. The summed E-state index contributed by atoms with van der Waals surface area (Å²) >= 11 is 0. The highest BCUT2D eigenvalue weighted by Gasteiger charge is 2.36. The van der Waals surface area contributed by atoms with Crippen LogP contribution in [0.4, 0.5) is 13.2 Å². The van der Waals surface area contributed by atoms with Gasteiger partial charge in [0.05, 0.1) is 6.61 Å². The molecule has 1 rings (SSSR count). The zero-order valence-electron chi connectivity index (χ0n) is 9.71. The normalized spacial score (nSPS) is 13.5. The van der Waals surface area contributed by atoms with Crippen molar-refractivity contribution in [2.75, 3.05) is 6.61 Å². The van der Waals surface area contributed by atoms with E-state index in [4.69, 9.17) is 4.74 Å². The number of hydrogen-bond donors (Lipinski definition) is 0. The molecule has 0 N–H and O–H groups in total. The lowest BCUT2D eigenvalue weighted by atomic mass is 10.3. The molecule has 0 saturated heterocycles. The van der Waals surface area contributed by atoms with Crippen molar-refractivity contribution < 1.29 is 22.7 Å². The molecule has 0 aromatic carbocycles. The van der Waals surface area contributed by atoms with Gasteiger partial charge in [0.25, 0.3) is 0 Å². The van der Waals surface area contributed by atoms with Gasteiger partial charge in [-0.25, -0.2) is 4.79 Å². The Hall–Kier alpha value is -1.53. The standard InChI is InChI=1S/C10H13F3N2O2/c1-4-17-9(16)7(3)15-5-6(2)8(14-15)10(11,12)13/h5,7H,4H2,1-3H3/t7-/m0/s1. The smallest absolute Gasteiger partial charge is 0.435 e. The molecule has 1 heterocycles. The fourth-order valence-corrected chi connectivity index (χ4v) is 1.33. The van der Waals surface area contributed by atoms with Gasteiger partial charge in [0.2, 0.25) is 0 Å². The lowest BCUT2D eigenvalue weighted by Crippen LogP contribution is -2.20. The number of alkyl halides is 3. The third kappa shape index (κ3) is 2.98. The molecule has 17 heavy (non-hydrogen) atoms. The summed E-state index contributed by atoms with van der Waals surface area (Å²) in [4.78, 5) is 11.3. The molecule has 0 fully saturated rings. The molecule has 1 atom stereocenters. The van der Waals surface area contributed by atoms with Gasteiger partial charge in [0.1, 0.15) is 6.04 Å². The van der Waals surface area contributed by atoms with E-state index in [9.17, 15) is 18.0 Å². The zero-order chi connectivity index (χ0) is 13.2. The predicted molar refractivity (Wildman–Crippen MR) is 53.3 cm³/mol. The number of esters is 1. The number of nitrogens with zero attached hydrogens (tertiary/aromatic N) is 2. The van der Waals surface area contributed by atoms with Gasteiger partial charge in [-0.3, -0.25) is 4.68 Å². The highest BCUT2D eigenvalue weighted by molar-refractivity contribution is 5.73. The maximum absolute atomic E-state index is 12.5. The summed E-state index contributed by atoms with van der Waals surface area (Å²) < 4.78 is 43.1. The lowest BCUT2D eigenvalue weighted by Gasteiger charge is -2.10.